The van der Waals surface area contributed by atoms with Gasteiger partial charge in [-0.25, -0.2) is 9.40 Å². The minimum Gasteiger partial charge on any atom is -0.267 e. The first-order valence-electron chi connectivity index (χ1n) is 6.59. The van der Waals surface area contributed by atoms with Crippen LogP contribution in [0.4, 0.5) is 17.6 Å². The molecule has 4 nitrogen and oxygen atoms in total. The number of amides is 1. The summed E-state index contributed by atoms with van der Waals surface area (Å²) < 4.78 is 50.6. The van der Waals surface area contributed by atoms with E-state index in [1.165, 1.54) is 13.1 Å². The molecule has 2 aromatic rings. The molecule has 0 radical (unpaired) electrons. The highest BCUT2D eigenvalue weighted by molar-refractivity contribution is 6.34. The van der Waals surface area contributed by atoms with Gasteiger partial charge < -0.3 is 0 Å². The number of pyridine rings is 1. The summed E-state index contributed by atoms with van der Waals surface area (Å²) in [5, 5.41) is 4.26. The van der Waals surface area contributed by atoms with E-state index in [4.69, 9.17) is 23.2 Å². The molecule has 10 heteroatoms. The number of alkyl halides is 3. The molecule has 1 aromatic carbocycles. The maximum Gasteiger partial charge on any atom is 0.417 e. The molecule has 1 amide bonds. The third-order valence-corrected chi connectivity index (χ3v) is 3.62. The molecule has 0 saturated heterocycles. The first-order chi connectivity index (χ1) is 11.6. The summed E-state index contributed by atoms with van der Waals surface area (Å²) in [6.07, 6.45) is -2.94. The van der Waals surface area contributed by atoms with Crippen LogP contribution in [0, 0.1) is 5.82 Å². The van der Waals surface area contributed by atoms with E-state index in [2.05, 4.69) is 10.1 Å². The van der Waals surface area contributed by atoms with Crippen molar-refractivity contribution in [2.75, 3.05) is 7.05 Å². The van der Waals surface area contributed by atoms with E-state index in [9.17, 15) is 22.4 Å². The Kier molecular flexibility index (Phi) is 5.64. The van der Waals surface area contributed by atoms with E-state index < -0.39 is 23.5 Å². The molecule has 1 aromatic heterocycles. The highest BCUT2D eigenvalue weighted by atomic mass is 35.5. The molecule has 0 saturated carbocycles. The van der Waals surface area contributed by atoms with Crippen molar-refractivity contribution in [1.29, 1.82) is 0 Å². The number of hydrogen-bond acceptors (Lipinski definition) is 3. The summed E-state index contributed by atoms with van der Waals surface area (Å²) in [6, 6.07) is 3.93. The van der Waals surface area contributed by atoms with Gasteiger partial charge in [0.1, 0.15) is 11.5 Å². The SMILES string of the molecule is CN(/N=C\c1ncc(C(F)(F)F)cc1Cl)C(=O)c1ccc(F)cc1Cl. The second-order valence-electron chi connectivity index (χ2n) is 4.79. The van der Waals surface area contributed by atoms with Crippen LogP contribution in [0.5, 0.6) is 0 Å². The quantitative estimate of drug-likeness (QED) is 0.432. The normalized spacial score (nSPS) is 11.8. The number of rotatable bonds is 3. The van der Waals surface area contributed by atoms with E-state index in [0.717, 1.165) is 23.4 Å². The summed E-state index contributed by atoms with van der Waals surface area (Å²) >= 11 is 11.5. The minimum atomic E-state index is -4.57. The lowest BCUT2D eigenvalue weighted by Crippen LogP contribution is -2.22. The molecule has 0 atom stereocenters. The second-order valence-corrected chi connectivity index (χ2v) is 5.60. The van der Waals surface area contributed by atoms with Gasteiger partial charge in [-0.1, -0.05) is 23.2 Å². The van der Waals surface area contributed by atoms with Gasteiger partial charge in [-0.3, -0.25) is 9.78 Å². The van der Waals surface area contributed by atoms with Crippen LogP contribution < -0.4 is 0 Å². The minimum absolute atomic E-state index is 0.00851. The van der Waals surface area contributed by atoms with Gasteiger partial charge in [0.15, 0.2) is 0 Å². The van der Waals surface area contributed by atoms with E-state index in [1.54, 1.807) is 0 Å². The Hall–Kier alpha value is -2.19. The molecular formula is C15H9Cl2F4N3O. The molecule has 0 bridgehead atoms. The summed E-state index contributed by atoms with van der Waals surface area (Å²) in [4.78, 5) is 15.7. The van der Waals surface area contributed by atoms with E-state index >= 15 is 0 Å². The van der Waals surface area contributed by atoms with E-state index in [0.29, 0.717) is 12.3 Å². The van der Waals surface area contributed by atoms with Crippen LogP contribution in [0.15, 0.2) is 35.6 Å². The third kappa shape index (κ3) is 4.67. The number of aromatic nitrogens is 1. The van der Waals surface area contributed by atoms with Crippen LogP contribution in [-0.4, -0.2) is 29.2 Å². The van der Waals surface area contributed by atoms with Crippen molar-refractivity contribution >= 4 is 35.3 Å². The topological polar surface area (TPSA) is 45.6 Å². The third-order valence-electron chi connectivity index (χ3n) is 3.01. The Bertz CT molecular complexity index is 840. The highest BCUT2D eigenvalue weighted by Gasteiger charge is 2.31. The molecule has 1 heterocycles. The lowest BCUT2D eigenvalue weighted by Gasteiger charge is -2.12. The number of carbonyl (C=O) groups is 1. The van der Waals surface area contributed by atoms with Gasteiger partial charge >= 0.3 is 6.18 Å². The van der Waals surface area contributed by atoms with Crippen LogP contribution in [0.3, 0.4) is 0 Å². The van der Waals surface area contributed by atoms with Crippen molar-refractivity contribution in [3.8, 4) is 0 Å². The number of nitrogens with zero attached hydrogens (tertiary/aromatic N) is 3. The monoisotopic (exact) mass is 393 g/mol. The van der Waals surface area contributed by atoms with E-state index in [-0.39, 0.29) is 21.3 Å². The van der Waals surface area contributed by atoms with E-state index in [1.807, 2.05) is 0 Å². The van der Waals surface area contributed by atoms with Crippen molar-refractivity contribution in [1.82, 2.24) is 9.99 Å². The fourth-order valence-electron chi connectivity index (χ4n) is 1.73. The fourth-order valence-corrected chi connectivity index (χ4v) is 2.19. The molecule has 0 N–H and O–H groups in total. The molecule has 0 fully saturated rings. The average Bonchev–Trinajstić information content (AvgIpc) is 2.51. The summed E-state index contributed by atoms with van der Waals surface area (Å²) in [5.41, 5.74) is -1.05. The zero-order chi connectivity index (χ0) is 18.8. The van der Waals surface area contributed by atoms with Crippen LogP contribution >= 0.6 is 23.2 Å². The van der Waals surface area contributed by atoms with Gasteiger partial charge in [-0.05, 0) is 24.3 Å². The van der Waals surface area contributed by atoms with Crippen LogP contribution in [0.2, 0.25) is 10.0 Å². The van der Waals surface area contributed by atoms with Crippen molar-refractivity contribution in [2.45, 2.75) is 6.18 Å². The Morgan fingerprint density at radius 3 is 2.48 bits per heavy atom. The summed E-state index contributed by atoms with van der Waals surface area (Å²) in [6.45, 7) is 0. The fraction of sp³-hybridized carbons (Fsp3) is 0.133. The zero-order valence-electron chi connectivity index (χ0n) is 12.5. The predicted molar refractivity (Wildman–Crippen MR) is 85.3 cm³/mol. The first kappa shape index (κ1) is 19.1. The van der Waals surface area contributed by atoms with Gasteiger partial charge in [-0.2, -0.15) is 18.3 Å². The number of hydrogen-bond donors (Lipinski definition) is 0. The molecule has 0 aliphatic heterocycles. The maximum atomic E-state index is 13.0. The van der Waals surface area contributed by atoms with Crippen LogP contribution in [-0.2, 0) is 6.18 Å². The van der Waals surface area contributed by atoms with Gasteiger partial charge in [0, 0.05) is 13.2 Å². The van der Waals surface area contributed by atoms with Gasteiger partial charge in [-0.15, -0.1) is 0 Å². The number of benzene rings is 1. The summed E-state index contributed by atoms with van der Waals surface area (Å²) in [5.74, 6) is -1.25. The molecule has 25 heavy (non-hydrogen) atoms. The molecular weight excluding hydrogens is 385 g/mol. The maximum absolute atomic E-state index is 13.0. The van der Waals surface area contributed by atoms with Crippen molar-refractivity contribution in [2.24, 2.45) is 5.10 Å². The zero-order valence-corrected chi connectivity index (χ0v) is 14.0. The van der Waals surface area contributed by atoms with Gasteiger partial charge in [0.2, 0.25) is 0 Å². The standard InChI is InChI=1S/C15H9Cl2F4N3O/c1-24(14(25)10-3-2-9(18)5-11(10)16)23-7-13-12(17)4-8(6-22-13)15(19,20)21/h2-7H,1H3/b23-7-. The van der Waals surface area contributed by atoms with Crippen molar-refractivity contribution in [3.05, 3.63) is 63.1 Å². The smallest absolute Gasteiger partial charge is 0.267 e. The lowest BCUT2D eigenvalue weighted by atomic mass is 10.2. The first-order valence-corrected chi connectivity index (χ1v) is 7.35. The van der Waals surface area contributed by atoms with Crippen molar-refractivity contribution < 1.29 is 22.4 Å². The highest BCUT2D eigenvalue weighted by Crippen LogP contribution is 2.30. The molecule has 2 rings (SSSR count). The second kappa shape index (κ2) is 7.37. The molecule has 0 aliphatic rings. The Balaban J connectivity index is 2.19. The van der Waals surface area contributed by atoms with Crippen LogP contribution in [0.1, 0.15) is 21.6 Å². The number of hydrazone groups is 1. The summed E-state index contributed by atoms with van der Waals surface area (Å²) in [7, 11) is 1.29. The molecule has 0 aliphatic carbocycles. The molecule has 0 unspecified atom stereocenters. The Morgan fingerprint density at radius 2 is 1.92 bits per heavy atom. The Labute approximate surface area is 149 Å². The van der Waals surface area contributed by atoms with Crippen LogP contribution in [0.25, 0.3) is 0 Å². The van der Waals surface area contributed by atoms with Crippen molar-refractivity contribution in [3.63, 3.8) is 0 Å². The Morgan fingerprint density at radius 1 is 1.24 bits per heavy atom. The number of carbonyl (C=O) groups excluding carboxylic acids is 1. The predicted octanol–water partition coefficient (Wildman–Crippen LogP) is 4.65. The average molecular weight is 394 g/mol. The lowest BCUT2D eigenvalue weighted by molar-refractivity contribution is -0.137. The largest absolute Gasteiger partial charge is 0.417 e. The molecule has 0 spiro atoms. The molecule has 132 valence electrons. The van der Waals surface area contributed by atoms with Gasteiger partial charge in [0.25, 0.3) is 5.91 Å². The van der Waals surface area contributed by atoms with Gasteiger partial charge in [0.05, 0.1) is 27.4 Å². The number of halogens is 6.